The van der Waals surface area contributed by atoms with Crippen LogP contribution in [0.3, 0.4) is 0 Å². The second-order valence-electron chi connectivity index (χ2n) is 8.74. The molecule has 1 aromatic heterocycles. The summed E-state index contributed by atoms with van der Waals surface area (Å²) in [5.41, 5.74) is 4.11. The van der Waals surface area contributed by atoms with Crippen molar-refractivity contribution in [3.8, 4) is 0 Å². The summed E-state index contributed by atoms with van der Waals surface area (Å²) in [4.78, 5) is 36.4. The van der Waals surface area contributed by atoms with Crippen LogP contribution in [-0.2, 0) is 16.0 Å². The minimum absolute atomic E-state index is 0.000836. The van der Waals surface area contributed by atoms with Gasteiger partial charge < -0.3 is 19.4 Å². The number of ether oxygens (including phenoxy) is 1. The van der Waals surface area contributed by atoms with Crippen LogP contribution in [0.5, 0.6) is 0 Å². The third-order valence-electron chi connectivity index (χ3n) is 6.83. The molecule has 0 saturated carbocycles. The third-order valence-corrected chi connectivity index (χ3v) is 6.83. The maximum absolute atomic E-state index is 13.1. The van der Waals surface area contributed by atoms with Crippen molar-refractivity contribution in [2.24, 2.45) is 0 Å². The van der Waals surface area contributed by atoms with Crippen molar-refractivity contribution in [3.05, 3.63) is 59.4 Å². The fraction of sp³-hybridized carbons (Fsp3) is 0.480. The number of rotatable bonds is 5. The lowest BCUT2D eigenvalue weighted by Crippen LogP contribution is -2.40. The zero-order valence-electron chi connectivity index (χ0n) is 18.4. The second kappa shape index (κ2) is 9.28. The van der Waals surface area contributed by atoms with Crippen molar-refractivity contribution in [2.45, 2.75) is 31.7 Å². The Morgan fingerprint density at radius 3 is 2.69 bits per heavy atom. The first-order valence-electron chi connectivity index (χ1n) is 11.7. The summed E-state index contributed by atoms with van der Waals surface area (Å²) in [6, 6.07) is 12.2. The Bertz CT molecular complexity index is 971. The Balaban J connectivity index is 1.20. The Kier molecular flexibility index (Phi) is 6.08. The van der Waals surface area contributed by atoms with Gasteiger partial charge in [0.2, 0.25) is 5.91 Å². The van der Waals surface area contributed by atoms with Crippen molar-refractivity contribution in [3.63, 3.8) is 0 Å². The van der Waals surface area contributed by atoms with Gasteiger partial charge in [0.15, 0.2) is 0 Å². The topological polar surface area (TPSA) is 66.0 Å². The number of nitrogens with zero attached hydrogens (tertiary/aromatic N) is 4. The highest BCUT2D eigenvalue weighted by atomic mass is 16.5. The first kappa shape index (κ1) is 20.9. The van der Waals surface area contributed by atoms with E-state index in [0.29, 0.717) is 38.3 Å². The first-order chi connectivity index (χ1) is 15.7. The summed E-state index contributed by atoms with van der Waals surface area (Å²) in [5.74, 6) is 0.185. The van der Waals surface area contributed by atoms with Gasteiger partial charge in [-0.25, -0.2) is 0 Å². The van der Waals surface area contributed by atoms with Gasteiger partial charge in [-0.15, -0.1) is 0 Å². The molecule has 1 atom stereocenters. The number of amides is 2. The molecule has 5 rings (SSSR count). The highest BCUT2D eigenvalue weighted by Crippen LogP contribution is 2.32. The molecule has 168 valence electrons. The Morgan fingerprint density at radius 2 is 1.88 bits per heavy atom. The van der Waals surface area contributed by atoms with E-state index in [1.807, 2.05) is 21.9 Å². The predicted octanol–water partition coefficient (Wildman–Crippen LogP) is 2.67. The number of fused-ring (bicyclic) bond motifs is 1. The molecule has 2 amide bonds. The van der Waals surface area contributed by atoms with Gasteiger partial charge >= 0.3 is 0 Å². The Labute approximate surface area is 189 Å². The van der Waals surface area contributed by atoms with Gasteiger partial charge in [0.05, 0.1) is 30.5 Å². The van der Waals surface area contributed by atoms with E-state index in [1.165, 1.54) is 11.3 Å². The standard InChI is InChI=1S/C25H30N4O3/c30-24(10-13-27-12-9-19-4-1-2-5-22(19)27)29-11-3-6-23(29)21-8-7-20(18-26-21)25(31)28-14-16-32-17-15-28/h1-2,4-5,7-8,18,23H,3,6,9-17H2/t23-/m1/s1. The third kappa shape index (κ3) is 4.21. The fourth-order valence-corrected chi connectivity index (χ4v) is 5.06. The van der Waals surface area contributed by atoms with Gasteiger partial charge in [-0.05, 0) is 43.0 Å². The highest BCUT2D eigenvalue weighted by molar-refractivity contribution is 5.94. The molecular weight excluding hydrogens is 404 g/mol. The summed E-state index contributed by atoms with van der Waals surface area (Å²) in [6.45, 7) is 4.91. The van der Waals surface area contributed by atoms with Crippen LogP contribution in [0.25, 0.3) is 0 Å². The molecule has 4 heterocycles. The zero-order chi connectivity index (χ0) is 21.9. The number of likely N-dealkylation sites (tertiary alicyclic amines) is 1. The summed E-state index contributed by atoms with van der Waals surface area (Å²) in [5, 5.41) is 0. The molecule has 0 N–H and O–H groups in total. The van der Waals surface area contributed by atoms with Crippen LogP contribution < -0.4 is 4.90 Å². The molecule has 7 heteroatoms. The van der Waals surface area contributed by atoms with Crippen molar-refractivity contribution >= 4 is 17.5 Å². The van der Waals surface area contributed by atoms with Crippen LogP contribution in [0.4, 0.5) is 5.69 Å². The first-order valence-corrected chi connectivity index (χ1v) is 11.7. The molecule has 0 radical (unpaired) electrons. The van der Waals surface area contributed by atoms with E-state index in [9.17, 15) is 9.59 Å². The van der Waals surface area contributed by atoms with Gasteiger partial charge in [-0.2, -0.15) is 0 Å². The molecule has 3 aliphatic heterocycles. The van der Waals surface area contributed by atoms with Gasteiger partial charge in [-0.1, -0.05) is 18.2 Å². The van der Waals surface area contributed by atoms with Crippen molar-refractivity contribution in [1.29, 1.82) is 0 Å². The molecule has 1 aromatic carbocycles. The van der Waals surface area contributed by atoms with Crippen molar-refractivity contribution in [2.75, 3.05) is 50.8 Å². The fourth-order valence-electron chi connectivity index (χ4n) is 5.06. The maximum atomic E-state index is 13.1. The number of carbonyl (C=O) groups excluding carboxylic acids is 2. The average Bonchev–Trinajstić information content (AvgIpc) is 3.50. The number of carbonyl (C=O) groups is 2. The van der Waals surface area contributed by atoms with Crippen molar-refractivity contribution in [1.82, 2.24) is 14.8 Å². The lowest BCUT2D eigenvalue weighted by Gasteiger charge is -2.27. The summed E-state index contributed by atoms with van der Waals surface area (Å²) in [7, 11) is 0. The molecule has 2 aromatic rings. The minimum atomic E-state index is -0.00222. The summed E-state index contributed by atoms with van der Waals surface area (Å²) < 4.78 is 5.33. The monoisotopic (exact) mass is 434 g/mol. The molecule has 2 saturated heterocycles. The summed E-state index contributed by atoms with van der Waals surface area (Å²) in [6.07, 6.45) is 5.13. The maximum Gasteiger partial charge on any atom is 0.255 e. The molecule has 0 bridgehead atoms. The van der Waals surface area contributed by atoms with E-state index in [4.69, 9.17) is 4.74 Å². The van der Waals surface area contributed by atoms with Crippen LogP contribution in [0.15, 0.2) is 42.6 Å². The zero-order valence-corrected chi connectivity index (χ0v) is 18.4. The second-order valence-corrected chi connectivity index (χ2v) is 8.74. The van der Waals surface area contributed by atoms with E-state index in [0.717, 1.165) is 44.6 Å². The van der Waals surface area contributed by atoms with E-state index in [2.05, 4.69) is 34.1 Å². The van der Waals surface area contributed by atoms with E-state index < -0.39 is 0 Å². The van der Waals surface area contributed by atoms with Gasteiger partial charge in [0.1, 0.15) is 0 Å². The Hall–Kier alpha value is -2.93. The van der Waals surface area contributed by atoms with E-state index in [1.54, 1.807) is 6.20 Å². The SMILES string of the molecule is O=C(c1ccc([C@H]2CCCN2C(=O)CCN2CCc3ccccc32)nc1)N1CCOCC1. The van der Waals surface area contributed by atoms with E-state index >= 15 is 0 Å². The number of anilines is 1. The molecule has 7 nitrogen and oxygen atoms in total. The van der Waals surface area contributed by atoms with Gasteiger partial charge in [0.25, 0.3) is 5.91 Å². The number of hydrogen-bond donors (Lipinski definition) is 0. The molecular formula is C25H30N4O3. The van der Waals surface area contributed by atoms with Crippen LogP contribution in [-0.4, -0.2) is 72.5 Å². The number of morpholine rings is 1. The predicted molar refractivity (Wildman–Crippen MR) is 122 cm³/mol. The highest BCUT2D eigenvalue weighted by Gasteiger charge is 2.31. The quantitative estimate of drug-likeness (QED) is 0.724. The molecule has 3 aliphatic rings. The smallest absolute Gasteiger partial charge is 0.255 e. The molecule has 32 heavy (non-hydrogen) atoms. The molecule has 0 spiro atoms. The molecule has 2 fully saturated rings. The molecule has 0 unspecified atom stereocenters. The van der Waals surface area contributed by atoms with Crippen LogP contribution in [0, 0.1) is 0 Å². The Morgan fingerprint density at radius 1 is 1.03 bits per heavy atom. The lowest BCUT2D eigenvalue weighted by molar-refractivity contribution is -0.132. The average molecular weight is 435 g/mol. The largest absolute Gasteiger partial charge is 0.378 e. The van der Waals surface area contributed by atoms with Crippen molar-refractivity contribution < 1.29 is 14.3 Å². The number of pyridine rings is 1. The summed E-state index contributed by atoms with van der Waals surface area (Å²) >= 11 is 0. The van der Waals surface area contributed by atoms with Crippen LogP contribution in [0.2, 0.25) is 0 Å². The van der Waals surface area contributed by atoms with Gasteiger partial charge in [-0.3, -0.25) is 14.6 Å². The molecule has 0 aliphatic carbocycles. The number of para-hydroxylation sites is 1. The van der Waals surface area contributed by atoms with Gasteiger partial charge in [0, 0.05) is 51.0 Å². The number of benzene rings is 1. The minimum Gasteiger partial charge on any atom is -0.378 e. The van der Waals surface area contributed by atoms with E-state index in [-0.39, 0.29) is 17.9 Å². The number of aromatic nitrogens is 1. The van der Waals surface area contributed by atoms with Crippen LogP contribution >= 0.6 is 0 Å². The number of hydrogen-bond acceptors (Lipinski definition) is 5. The lowest BCUT2D eigenvalue weighted by atomic mass is 10.1. The normalized spacial score (nSPS) is 20.5. The van der Waals surface area contributed by atoms with Crippen LogP contribution in [0.1, 0.15) is 46.9 Å².